The van der Waals surface area contributed by atoms with Crippen molar-refractivity contribution in [2.45, 2.75) is 13.0 Å². The van der Waals surface area contributed by atoms with E-state index in [4.69, 9.17) is 0 Å². The second kappa shape index (κ2) is 6.42. The molecule has 2 nitrogen and oxygen atoms in total. The maximum Gasteiger partial charge on any atom is 0.0341 e. The minimum atomic E-state index is 0.990. The van der Waals surface area contributed by atoms with Gasteiger partial charge in [-0.2, -0.15) is 0 Å². The van der Waals surface area contributed by atoms with Gasteiger partial charge >= 0.3 is 0 Å². The van der Waals surface area contributed by atoms with Crippen LogP contribution in [0.3, 0.4) is 0 Å². The molecule has 0 spiro atoms. The Bertz CT molecular complexity index is 565. The van der Waals surface area contributed by atoms with Gasteiger partial charge in [0.25, 0.3) is 0 Å². The van der Waals surface area contributed by atoms with Crippen LogP contribution >= 0.6 is 15.9 Å². The molecule has 0 unspecified atom stereocenters. The fourth-order valence-corrected chi connectivity index (χ4v) is 2.94. The number of hydrogen-bond donors (Lipinski definition) is 1. The van der Waals surface area contributed by atoms with Crippen LogP contribution in [0, 0.1) is 0 Å². The fourth-order valence-electron chi connectivity index (χ4n) is 2.67. The Morgan fingerprint density at radius 3 is 2.55 bits per heavy atom. The SMILES string of the molecule is Brc1ccc(NCCN2CCc3ccccc3C2)cc1. The van der Waals surface area contributed by atoms with E-state index in [1.165, 1.54) is 29.8 Å². The average molecular weight is 331 g/mol. The lowest BCUT2D eigenvalue weighted by molar-refractivity contribution is 0.264. The summed E-state index contributed by atoms with van der Waals surface area (Å²) < 4.78 is 1.12. The Morgan fingerprint density at radius 1 is 1.00 bits per heavy atom. The first-order chi connectivity index (χ1) is 9.81. The van der Waals surface area contributed by atoms with Crippen molar-refractivity contribution in [3.8, 4) is 0 Å². The highest BCUT2D eigenvalue weighted by atomic mass is 79.9. The van der Waals surface area contributed by atoms with Crippen molar-refractivity contribution in [3.05, 3.63) is 64.1 Å². The van der Waals surface area contributed by atoms with E-state index in [2.05, 4.69) is 74.7 Å². The van der Waals surface area contributed by atoms with E-state index in [-0.39, 0.29) is 0 Å². The van der Waals surface area contributed by atoms with Crippen LogP contribution in [0.5, 0.6) is 0 Å². The van der Waals surface area contributed by atoms with Crippen LogP contribution < -0.4 is 5.32 Å². The number of anilines is 1. The van der Waals surface area contributed by atoms with Gasteiger partial charge in [0.15, 0.2) is 0 Å². The van der Waals surface area contributed by atoms with E-state index in [0.29, 0.717) is 0 Å². The lowest BCUT2D eigenvalue weighted by Crippen LogP contribution is -2.34. The van der Waals surface area contributed by atoms with E-state index >= 15 is 0 Å². The fraction of sp³-hybridized carbons (Fsp3) is 0.294. The number of benzene rings is 2. The van der Waals surface area contributed by atoms with Crippen LogP contribution in [0.15, 0.2) is 53.0 Å². The summed E-state index contributed by atoms with van der Waals surface area (Å²) in [6.45, 7) is 4.32. The predicted molar refractivity (Wildman–Crippen MR) is 88.1 cm³/mol. The third-order valence-electron chi connectivity index (χ3n) is 3.81. The van der Waals surface area contributed by atoms with Gasteiger partial charge in [0.1, 0.15) is 0 Å². The highest BCUT2D eigenvalue weighted by molar-refractivity contribution is 9.10. The second-order valence-corrected chi connectivity index (χ2v) is 6.14. The summed E-state index contributed by atoms with van der Waals surface area (Å²) in [5.74, 6) is 0. The second-order valence-electron chi connectivity index (χ2n) is 5.23. The van der Waals surface area contributed by atoms with E-state index in [1.807, 2.05) is 0 Å². The maximum atomic E-state index is 3.48. The molecule has 104 valence electrons. The largest absolute Gasteiger partial charge is 0.384 e. The molecule has 0 amide bonds. The van der Waals surface area contributed by atoms with Gasteiger partial charge in [-0.15, -0.1) is 0 Å². The molecule has 0 saturated heterocycles. The standard InChI is InChI=1S/C17H19BrN2/c18-16-5-7-17(8-6-16)19-10-12-20-11-9-14-3-1-2-4-15(14)13-20/h1-8,19H,9-13H2. The molecular weight excluding hydrogens is 312 g/mol. The molecule has 1 aliphatic rings. The molecule has 0 atom stereocenters. The van der Waals surface area contributed by atoms with Crippen LogP contribution in [0.1, 0.15) is 11.1 Å². The van der Waals surface area contributed by atoms with Crippen molar-refractivity contribution in [2.24, 2.45) is 0 Å². The van der Waals surface area contributed by atoms with Gasteiger partial charge in [-0.05, 0) is 41.8 Å². The molecule has 0 saturated carbocycles. The summed E-state index contributed by atoms with van der Waals surface area (Å²) >= 11 is 3.46. The van der Waals surface area contributed by atoms with E-state index < -0.39 is 0 Å². The van der Waals surface area contributed by atoms with Crippen LogP contribution in [-0.2, 0) is 13.0 Å². The lowest BCUT2D eigenvalue weighted by atomic mass is 10.00. The van der Waals surface area contributed by atoms with Crippen molar-refractivity contribution < 1.29 is 0 Å². The minimum absolute atomic E-state index is 0.990. The third-order valence-corrected chi connectivity index (χ3v) is 4.34. The number of nitrogens with one attached hydrogen (secondary N) is 1. The van der Waals surface area contributed by atoms with Crippen LogP contribution in [-0.4, -0.2) is 24.5 Å². The van der Waals surface area contributed by atoms with Gasteiger partial charge in [0.05, 0.1) is 0 Å². The van der Waals surface area contributed by atoms with Gasteiger partial charge in [0.2, 0.25) is 0 Å². The van der Waals surface area contributed by atoms with Crippen molar-refractivity contribution in [3.63, 3.8) is 0 Å². The summed E-state index contributed by atoms with van der Waals surface area (Å²) in [4.78, 5) is 2.52. The van der Waals surface area contributed by atoms with Crippen LogP contribution in [0.4, 0.5) is 5.69 Å². The van der Waals surface area contributed by atoms with Crippen LogP contribution in [0.2, 0.25) is 0 Å². The Balaban J connectivity index is 1.49. The quantitative estimate of drug-likeness (QED) is 0.914. The molecule has 2 aromatic carbocycles. The molecule has 0 radical (unpaired) electrons. The molecule has 0 aliphatic carbocycles. The van der Waals surface area contributed by atoms with E-state index in [9.17, 15) is 0 Å². The minimum Gasteiger partial charge on any atom is -0.384 e. The Labute approximate surface area is 128 Å². The Morgan fingerprint density at radius 2 is 1.75 bits per heavy atom. The molecule has 0 fully saturated rings. The first-order valence-corrected chi connectivity index (χ1v) is 7.89. The lowest BCUT2D eigenvalue weighted by Gasteiger charge is -2.28. The molecule has 20 heavy (non-hydrogen) atoms. The zero-order valence-corrected chi connectivity index (χ0v) is 13.1. The zero-order valence-electron chi connectivity index (χ0n) is 11.5. The summed E-state index contributed by atoms with van der Waals surface area (Å²) in [6.07, 6.45) is 1.18. The predicted octanol–water partition coefficient (Wildman–Crippen LogP) is 3.92. The van der Waals surface area contributed by atoms with Gasteiger partial charge in [0, 0.05) is 36.3 Å². The number of hydrogen-bond acceptors (Lipinski definition) is 2. The Kier molecular flexibility index (Phi) is 4.38. The van der Waals surface area contributed by atoms with Gasteiger partial charge in [-0.3, -0.25) is 4.90 Å². The topological polar surface area (TPSA) is 15.3 Å². The number of halogens is 1. The molecule has 1 N–H and O–H groups in total. The zero-order chi connectivity index (χ0) is 13.8. The monoisotopic (exact) mass is 330 g/mol. The highest BCUT2D eigenvalue weighted by Gasteiger charge is 2.14. The van der Waals surface area contributed by atoms with E-state index in [1.54, 1.807) is 0 Å². The first-order valence-electron chi connectivity index (χ1n) is 7.10. The molecule has 1 heterocycles. The van der Waals surface area contributed by atoms with Gasteiger partial charge < -0.3 is 5.32 Å². The van der Waals surface area contributed by atoms with Gasteiger partial charge in [-0.1, -0.05) is 40.2 Å². The molecule has 3 heteroatoms. The van der Waals surface area contributed by atoms with Crippen molar-refractivity contribution >= 4 is 21.6 Å². The maximum absolute atomic E-state index is 3.48. The summed E-state index contributed by atoms with van der Waals surface area (Å²) in [7, 11) is 0. The summed E-state index contributed by atoms with van der Waals surface area (Å²) in [5, 5.41) is 3.48. The van der Waals surface area contributed by atoms with Crippen molar-refractivity contribution in [1.29, 1.82) is 0 Å². The van der Waals surface area contributed by atoms with Gasteiger partial charge in [-0.25, -0.2) is 0 Å². The Hall–Kier alpha value is -1.32. The smallest absolute Gasteiger partial charge is 0.0341 e. The molecule has 2 aromatic rings. The third kappa shape index (κ3) is 3.41. The van der Waals surface area contributed by atoms with E-state index in [0.717, 1.165) is 24.1 Å². The molecule has 0 bridgehead atoms. The average Bonchev–Trinajstić information content (AvgIpc) is 2.49. The first kappa shape index (κ1) is 13.7. The molecule has 1 aliphatic heterocycles. The summed E-state index contributed by atoms with van der Waals surface area (Å²) in [6, 6.07) is 17.1. The molecule has 3 rings (SSSR count). The number of nitrogens with zero attached hydrogens (tertiary/aromatic N) is 1. The summed E-state index contributed by atoms with van der Waals surface area (Å²) in [5.41, 5.74) is 4.19. The normalized spacial score (nSPS) is 14.8. The number of rotatable bonds is 4. The van der Waals surface area contributed by atoms with Crippen LogP contribution in [0.25, 0.3) is 0 Å². The highest BCUT2D eigenvalue weighted by Crippen LogP contribution is 2.18. The molecule has 0 aromatic heterocycles. The van der Waals surface area contributed by atoms with Crippen molar-refractivity contribution in [1.82, 2.24) is 4.90 Å². The molecular formula is C17H19BrN2. The van der Waals surface area contributed by atoms with Crippen molar-refractivity contribution in [2.75, 3.05) is 25.0 Å². The number of fused-ring (bicyclic) bond motifs is 1.